The van der Waals surface area contributed by atoms with Gasteiger partial charge in [0, 0.05) is 29.8 Å². The summed E-state index contributed by atoms with van der Waals surface area (Å²) in [7, 11) is 0.545. The van der Waals surface area contributed by atoms with Crippen LogP contribution in [-0.2, 0) is 29.2 Å². The van der Waals surface area contributed by atoms with E-state index in [0.717, 1.165) is 34.5 Å². The van der Waals surface area contributed by atoms with Gasteiger partial charge in [0.1, 0.15) is 16.7 Å². The van der Waals surface area contributed by atoms with Crippen LogP contribution in [0.25, 0.3) is 5.69 Å². The van der Waals surface area contributed by atoms with Crippen molar-refractivity contribution in [2.45, 2.75) is 39.0 Å². The molecule has 0 aliphatic carbocycles. The normalized spacial score (nSPS) is 12.4. The van der Waals surface area contributed by atoms with Gasteiger partial charge in [-0.3, -0.25) is 14.3 Å². The monoisotopic (exact) mass is 455 g/mol. The maximum Gasteiger partial charge on any atom is 0.332 e. The first-order valence-electron chi connectivity index (χ1n) is 10.3. The highest BCUT2D eigenvalue weighted by Crippen LogP contribution is 2.36. The predicted octanol–water partition coefficient (Wildman–Crippen LogP) is 3.32. The highest BCUT2D eigenvalue weighted by Gasteiger charge is 2.23. The Morgan fingerprint density at radius 1 is 1.06 bits per heavy atom. The van der Waals surface area contributed by atoms with Crippen molar-refractivity contribution in [3.63, 3.8) is 0 Å². The van der Waals surface area contributed by atoms with Gasteiger partial charge in [-0.1, -0.05) is 32.9 Å². The van der Waals surface area contributed by atoms with Crippen molar-refractivity contribution in [2.75, 3.05) is 18.1 Å². The number of nitrogens with one attached hydrogen (secondary N) is 2. The molecule has 0 saturated carbocycles. The molecule has 3 rings (SSSR count). The van der Waals surface area contributed by atoms with Gasteiger partial charge < -0.3 is 9.46 Å². The first-order valence-corrected chi connectivity index (χ1v) is 11.9. The molecule has 0 saturated heterocycles. The number of nitrogens with zero attached hydrogens (tertiary/aromatic N) is 1. The van der Waals surface area contributed by atoms with E-state index in [1.54, 1.807) is 13.4 Å². The van der Waals surface area contributed by atoms with Gasteiger partial charge in [-0.05, 0) is 53.6 Å². The zero-order valence-electron chi connectivity index (χ0n) is 19.0. The van der Waals surface area contributed by atoms with Gasteiger partial charge in [0.2, 0.25) is 0 Å². The Morgan fingerprint density at radius 2 is 1.75 bits per heavy atom. The fourth-order valence-electron chi connectivity index (χ4n) is 3.60. The zero-order valence-corrected chi connectivity index (χ0v) is 19.8. The maximum absolute atomic E-state index is 12.4. The van der Waals surface area contributed by atoms with Gasteiger partial charge >= 0.3 is 5.69 Å². The van der Waals surface area contributed by atoms with Crippen LogP contribution in [0.1, 0.15) is 37.5 Å². The standard InChI is InChI=1S/C24H29N3O4S/c1-24(2,3)20-15-19(27-13-12-21(28)25-23(27)29)14-17(22(20)31-4)9-6-16-7-10-18(11-8-16)26-32(5)30/h7-8,10-15,26H,6,9H2,1-5H3,(H,25,28,29). The van der Waals surface area contributed by atoms with Crippen molar-refractivity contribution in [3.05, 3.63) is 86.2 Å². The van der Waals surface area contributed by atoms with Crippen LogP contribution in [0.15, 0.2) is 58.3 Å². The number of ether oxygens (including phenoxy) is 1. The molecule has 1 heterocycles. The summed E-state index contributed by atoms with van der Waals surface area (Å²) in [6.07, 6.45) is 4.54. The Balaban J connectivity index is 2.00. The third kappa shape index (κ3) is 5.56. The van der Waals surface area contributed by atoms with Crippen LogP contribution in [-0.4, -0.2) is 27.1 Å². The van der Waals surface area contributed by atoms with Crippen LogP contribution in [0.2, 0.25) is 0 Å². The molecular weight excluding hydrogens is 426 g/mol. The average molecular weight is 456 g/mol. The Kier molecular flexibility index (Phi) is 7.03. The van der Waals surface area contributed by atoms with Crippen molar-refractivity contribution in [2.24, 2.45) is 0 Å². The SMILES string of the molecule is COc1c(CCc2ccc(NS(C)=O)cc2)cc(-n2ccc(=O)[nH]c2=O)cc1C(C)(C)C. The number of aromatic amines is 1. The number of anilines is 1. The lowest BCUT2D eigenvalue weighted by atomic mass is 9.84. The molecule has 0 aliphatic rings. The van der Waals surface area contributed by atoms with E-state index >= 15 is 0 Å². The fourth-order valence-corrected chi connectivity index (χ4v) is 4.07. The third-order valence-corrected chi connectivity index (χ3v) is 5.69. The molecule has 1 unspecified atom stereocenters. The lowest BCUT2D eigenvalue weighted by Crippen LogP contribution is -2.28. The number of aryl methyl sites for hydroxylation is 2. The van der Waals surface area contributed by atoms with E-state index in [-0.39, 0.29) is 5.41 Å². The summed E-state index contributed by atoms with van der Waals surface area (Å²) in [6.45, 7) is 6.28. The smallest absolute Gasteiger partial charge is 0.332 e. The molecule has 7 nitrogen and oxygen atoms in total. The quantitative estimate of drug-likeness (QED) is 0.572. The number of methoxy groups -OCH3 is 1. The molecule has 0 spiro atoms. The molecule has 0 amide bonds. The van der Waals surface area contributed by atoms with E-state index in [1.807, 2.05) is 36.4 Å². The largest absolute Gasteiger partial charge is 0.496 e. The van der Waals surface area contributed by atoms with Crippen molar-refractivity contribution in [1.82, 2.24) is 9.55 Å². The average Bonchev–Trinajstić information content (AvgIpc) is 2.71. The van der Waals surface area contributed by atoms with Crippen LogP contribution in [0.3, 0.4) is 0 Å². The van der Waals surface area contributed by atoms with E-state index in [0.29, 0.717) is 12.1 Å². The van der Waals surface area contributed by atoms with Crippen molar-refractivity contribution >= 4 is 16.7 Å². The van der Waals surface area contributed by atoms with E-state index in [4.69, 9.17) is 4.74 Å². The minimum absolute atomic E-state index is 0.217. The van der Waals surface area contributed by atoms with Gasteiger partial charge in [0.25, 0.3) is 5.56 Å². The minimum Gasteiger partial charge on any atom is -0.496 e. The maximum atomic E-state index is 12.4. The zero-order chi connectivity index (χ0) is 23.5. The van der Waals surface area contributed by atoms with Crippen LogP contribution >= 0.6 is 0 Å². The van der Waals surface area contributed by atoms with Crippen molar-refractivity contribution in [1.29, 1.82) is 0 Å². The second kappa shape index (κ2) is 9.56. The highest BCUT2D eigenvalue weighted by atomic mass is 32.2. The molecule has 170 valence electrons. The van der Waals surface area contributed by atoms with Crippen LogP contribution in [0, 0.1) is 0 Å². The Hall–Kier alpha value is -3.13. The Morgan fingerprint density at radius 3 is 2.31 bits per heavy atom. The number of hydrogen-bond acceptors (Lipinski definition) is 4. The van der Waals surface area contributed by atoms with E-state index in [1.165, 1.54) is 16.8 Å². The fraction of sp³-hybridized carbons (Fsp3) is 0.333. The van der Waals surface area contributed by atoms with E-state index in [9.17, 15) is 13.8 Å². The van der Waals surface area contributed by atoms with Crippen LogP contribution in [0.5, 0.6) is 5.75 Å². The lowest BCUT2D eigenvalue weighted by molar-refractivity contribution is 0.392. The molecule has 0 radical (unpaired) electrons. The molecule has 2 N–H and O–H groups in total. The topological polar surface area (TPSA) is 93.2 Å². The number of H-pyrrole nitrogens is 1. The lowest BCUT2D eigenvalue weighted by Gasteiger charge is -2.25. The molecule has 1 atom stereocenters. The number of benzene rings is 2. The summed E-state index contributed by atoms with van der Waals surface area (Å²) in [4.78, 5) is 26.2. The van der Waals surface area contributed by atoms with E-state index < -0.39 is 22.2 Å². The molecule has 1 aromatic heterocycles. The second-order valence-corrected chi connectivity index (χ2v) is 9.78. The summed E-state index contributed by atoms with van der Waals surface area (Å²) in [5.74, 6) is 0.804. The summed E-state index contributed by atoms with van der Waals surface area (Å²) >= 11 is 0. The molecular formula is C24H29N3O4S. The van der Waals surface area contributed by atoms with Crippen LogP contribution < -0.4 is 20.7 Å². The number of hydrogen-bond donors (Lipinski definition) is 2. The van der Waals surface area contributed by atoms with Gasteiger partial charge in [-0.2, -0.15) is 0 Å². The molecule has 0 fully saturated rings. The molecule has 3 aromatic rings. The van der Waals surface area contributed by atoms with E-state index in [2.05, 4.69) is 30.5 Å². The summed E-state index contributed by atoms with van der Waals surface area (Å²) in [5, 5.41) is 0. The third-order valence-electron chi connectivity index (χ3n) is 5.16. The second-order valence-electron chi connectivity index (χ2n) is 8.67. The van der Waals surface area contributed by atoms with Gasteiger partial charge in [0.05, 0.1) is 12.8 Å². The van der Waals surface area contributed by atoms with Gasteiger partial charge in [-0.15, -0.1) is 0 Å². The van der Waals surface area contributed by atoms with Crippen molar-refractivity contribution < 1.29 is 8.95 Å². The summed E-state index contributed by atoms with van der Waals surface area (Å²) < 4.78 is 21.4. The highest BCUT2D eigenvalue weighted by molar-refractivity contribution is 7.85. The Bertz CT molecular complexity index is 1240. The molecule has 8 heteroatoms. The molecule has 32 heavy (non-hydrogen) atoms. The Labute approximate surface area is 190 Å². The molecule has 0 aliphatic heterocycles. The summed E-state index contributed by atoms with van der Waals surface area (Å²) in [6, 6.07) is 13.0. The van der Waals surface area contributed by atoms with Gasteiger partial charge in [-0.25, -0.2) is 9.00 Å². The first kappa shape index (κ1) is 23.5. The predicted molar refractivity (Wildman–Crippen MR) is 129 cm³/mol. The molecule has 0 bridgehead atoms. The number of aromatic nitrogens is 2. The molecule has 2 aromatic carbocycles. The summed E-state index contributed by atoms with van der Waals surface area (Å²) in [5.41, 5.74) is 3.44. The number of rotatable bonds is 7. The van der Waals surface area contributed by atoms with Gasteiger partial charge in [0.15, 0.2) is 0 Å². The first-order chi connectivity index (χ1) is 15.1. The minimum atomic E-state index is -1.11. The van der Waals surface area contributed by atoms with Crippen LogP contribution in [0.4, 0.5) is 5.69 Å². The van der Waals surface area contributed by atoms with Crippen molar-refractivity contribution in [3.8, 4) is 11.4 Å².